The van der Waals surface area contributed by atoms with Crippen LogP contribution in [0.4, 0.5) is 0 Å². The van der Waals surface area contributed by atoms with E-state index in [1.807, 2.05) is 0 Å². The molecule has 4 rings (SSSR count). The highest BCUT2D eigenvalue weighted by Crippen LogP contribution is 2.54. The summed E-state index contributed by atoms with van der Waals surface area (Å²) in [6.45, 7) is 1.63. The number of rotatable bonds is 2. The minimum absolute atomic E-state index is 0.131. The van der Waals surface area contributed by atoms with Crippen LogP contribution in [0.3, 0.4) is 0 Å². The molecule has 0 radical (unpaired) electrons. The van der Waals surface area contributed by atoms with Crippen LogP contribution in [0.15, 0.2) is 12.1 Å². The Bertz CT molecular complexity index is 1130. The number of primary amides is 1. The van der Waals surface area contributed by atoms with Gasteiger partial charge in [0.25, 0.3) is 0 Å². The highest BCUT2D eigenvalue weighted by atomic mass is 35.5. The van der Waals surface area contributed by atoms with E-state index < -0.39 is 82.1 Å². The van der Waals surface area contributed by atoms with Gasteiger partial charge in [0, 0.05) is 5.92 Å². The van der Waals surface area contributed by atoms with Crippen molar-refractivity contribution < 1.29 is 39.3 Å². The lowest BCUT2D eigenvalue weighted by molar-refractivity contribution is -0.196. The topological polar surface area (TPSA) is 175 Å². The number of amides is 1. The SMILES string of the molecule is C[C@@H]1c2ccc(Cl)c(O)c2C(=O)C2C(=O)[C@@]3(O)C(=O)C(C(N)=O)C(=O)[C@H](N(C)C)[C@H]3[C@H](O)[C@H]21. The molecule has 5 N–H and O–H groups in total. The molecular weight excluding hydrogens is 456 g/mol. The van der Waals surface area contributed by atoms with Gasteiger partial charge >= 0.3 is 0 Å². The molecule has 0 aliphatic heterocycles. The van der Waals surface area contributed by atoms with E-state index in [0.717, 1.165) is 0 Å². The molecule has 11 heteroatoms. The number of hydrogen-bond acceptors (Lipinski definition) is 9. The van der Waals surface area contributed by atoms with Crippen LogP contribution < -0.4 is 5.73 Å². The average molecular weight is 479 g/mol. The number of nitrogens with two attached hydrogens (primary N) is 1. The van der Waals surface area contributed by atoms with Crippen molar-refractivity contribution in [2.24, 2.45) is 29.4 Å². The summed E-state index contributed by atoms with van der Waals surface area (Å²) in [5.74, 6) is -13.7. The first-order chi connectivity index (χ1) is 15.3. The zero-order valence-corrected chi connectivity index (χ0v) is 18.7. The van der Waals surface area contributed by atoms with Crippen LogP contribution in [-0.4, -0.2) is 81.1 Å². The predicted molar refractivity (Wildman–Crippen MR) is 112 cm³/mol. The quantitative estimate of drug-likeness (QED) is 0.390. The number of phenolic OH excluding ortho intramolecular Hbond substituents is 1. The van der Waals surface area contributed by atoms with E-state index >= 15 is 0 Å². The third-order valence-corrected chi connectivity index (χ3v) is 7.75. The molecule has 2 saturated carbocycles. The molecule has 0 heterocycles. The number of carbonyl (C=O) groups excluding carboxylic acids is 5. The van der Waals surface area contributed by atoms with Crippen LogP contribution in [-0.2, 0) is 19.2 Å². The van der Waals surface area contributed by atoms with E-state index in [-0.39, 0.29) is 10.6 Å². The number of likely N-dealkylation sites (N-methyl/N-ethyl adjacent to an activating group) is 1. The maximum Gasteiger partial charge on any atom is 0.235 e. The number of ketones is 4. The lowest BCUT2D eigenvalue weighted by Crippen LogP contribution is -2.77. The minimum Gasteiger partial charge on any atom is -0.506 e. The fourth-order valence-electron chi connectivity index (χ4n) is 5.96. The maximum absolute atomic E-state index is 13.7. The van der Waals surface area contributed by atoms with Gasteiger partial charge in [-0.3, -0.25) is 28.9 Å². The smallest absolute Gasteiger partial charge is 0.235 e. The van der Waals surface area contributed by atoms with Gasteiger partial charge in [-0.2, -0.15) is 0 Å². The summed E-state index contributed by atoms with van der Waals surface area (Å²) in [5.41, 5.74) is 2.35. The summed E-state index contributed by atoms with van der Waals surface area (Å²) in [7, 11) is 2.87. The third kappa shape index (κ3) is 2.81. The fraction of sp³-hybridized carbons (Fsp3) is 0.500. The third-order valence-electron chi connectivity index (χ3n) is 7.44. The zero-order valence-electron chi connectivity index (χ0n) is 18.0. The lowest BCUT2D eigenvalue weighted by Gasteiger charge is -2.56. The Hall–Kier alpha value is -2.66. The van der Waals surface area contributed by atoms with Crippen LogP contribution in [0.5, 0.6) is 5.75 Å². The Morgan fingerprint density at radius 1 is 1.15 bits per heavy atom. The molecule has 3 aliphatic rings. The van der Waals surface area contributed by atoms with Gasteiger partial charge in [0.1, 0.15) is 5.75 Å². The predicted octanol–water partition coefficient (Wildman–Crippen LogP) is -0.948. The molecule has 0 aromatic heterocycles. The van der Waals surface area contributed by atoms with Crippen molar-refractivity contribution in [1.82, 2.24) is 4.90 Å². The van der Waals surface area contributed by atoms with Crippen molar-refractivity contribution in [3.63, 3.8) is 0 Å². The van der Waals surface area contributed by atoms with Crippen molar-refractivity contribution in [3.05, 3.63) is 28.3 Å². The van der Waals surface area contributed by atoms with Gasteiger partial charge in [-0.05, 0) is 31.6 Å². The number of benzene rings is 1. The monoisotopic (exact) mass is 478 g/mol. The maximum atomic E-state index is 13.7. The molecule has 176 valence electrons. The molecule has 0 spiro atoms. The van der Waals surface area contributed by atoms with Crippen LogP contribution in [0, 0.1) is 23.7 Å². The van der Waals surface area contributed by atoms with Crippen molar-refractivity contribution in [1.29, 1.82) is 0 Å². The Morgan fingerprint density at radius 3 is 2.30 bits per heavy atom. The average Bonchev–Trinajstić information content (AvgIpc) is 2.72. The van der Waals surface area contributed by atoms with Crippen molar-refractivity contribution in [2.45, 2.75) is 30.6 Å². The van der Waals surface area contributed by atoms with E-state index in [2.05, 4.69) is 0 Å². The van der Waals surface area contributed by atoms with Crippen LogP contribution in [0.2, 0.25) is 5.02 Å². The van der Waals surface area contributed by atoms with Gasteiger partial charge in [0.2, 0.25) is 5.91 Å². The van der Waals surface area contributed by atoms with Gasteiger partial charge in [0.05, 0.1) is 34.6 Å². The largest absolute Gasteiger partial charge is 0.506 e. The molecule has 2 unspecified atom stereocenters. The summed E-state index contributed by atoms with van der Waals surface area (Å²) in [6, 6.07) is 1.48. The number of hydrogen-bond donors (Lipinski definition) is 4. The van der Waals surface area contributed by atoms with Gasteiger partial charge in [-0.15, -0.1) is 0 Å². The number of phenols is 1. The molecule has 0 saturated heterocycles. The molecule has 3 aliphatic carbocycles. The van der Waals surface area contributed by atoms with Crippen LogP contribution in [0.1, 0.15) is 28.8 Å². The summed E-state index contributed by atoms with van der Waals surface area (Å²) >= 11 is 5.95. The standard InChI is InChI=1S/C22H23ClN2O8/c1-6-7-4-5-8(23)15(26)10(7)16(27)11-9(6)17(28)13-14(25(2)3)18(29)12(21(24)32)20(31)22(13,33)19(11)30/h4-6,9,11-14,17,26,28,33H,1-3H3,(H2,24,32)/t6-,9+,11?,12?,13+,14-,17-,22-/m1/s1. The molecule has 8 atom stereocenters. The zero-order chi connectivity index (χ0) is 24.7. The molecular formula is C22H23ClN2O8. The van der Waals surface area contributed by atoms with Gasteiger partial charge in [0.15, 0.2) is 34.7 Å². The van der Waals surface area contributed by atoms with Gasteiger partial charge in [-0.1, -0.05) is 24.6 Å². The lowest BCUT2D eigenvalue weighted by atomic mass is 9.49. The van der Waals surface area contributed by atoms with Crippen LogP contribution >= 0.6 is 11.6 Å². The fourth-order valence-corrected chi connectivity index (χ4v) is 6.12. The minimum atomic E-state index is -3.01. The molecule has 1 aromatic rings. The van der Waals surface area contributed by atoms with Crippen LogP contribution in [0.25, 0.3) is 0 Å². The molecule has 1 aromatic carbocycles. The summed E-state index contributed by atoms with van der Waals surface area (Å²) < 4.78 is 0. The Kier molecular flexibility index (Phi) is 5.29. The second kappa shape index (κ2) is 7.42. The number of nitrogens with zero attached hydrogens (tertiary/aromatic N) is 1. The number of aromatic hydroxyl groups is 1. The highest BCUT2D eigenvalue weighted by Gasteiger charge is 2.72. The summed E-state index contributed by atoms with van der Waals surface area (Å²) in [4.78, 5) is 66.6. The summed E-state index contributed by atoms with van der Waals surface area (Å²) in [6.07, 6.45) is -1.66. The normalized spacial score (nSPS) is 38.1. The molecule has 33 heavy (non-hydrogen) atoms. The molecule has 2 fully saturated rings. The second-order valence-electron chi connectivity index (χ2n) is 9.23. The first kappa shape index (κ1) is 23.5. The molecule has 0 bridgehead atoms. The number of aliphatic hydroxyl groups excluding tert-OH is 1. The summed E-state index contributed by atoms with van der Waals surface area (Å²) in [5, 5.41) is 33.2. The number of Topliss-reactive ketones (excluding diaryl/α,β-unsaturated/α-hetero) is 4. The number of fused-ring (bicyclic) bond motifs is 3. The van der Waals surface area contributed by atoms with Crippen molar-refractivity contribution in [2.75, 3.05) is 14.1 Å². The van der Waals surface area contributed by atoms with Gasteiger partial charge in [-0.25, -0.2) is 0 Å². The number of halogens is 1. The Balaban J connectivity index is 1.97. The van der Waals surface area contributed by atoms with E-state index in [1.165, 1.54) is 31.1 Å². The van der Waals surface area contributed by atoms with E-state index in [0.29, 0.717) is 5.56 Å². The first-order valence-corrected chi connectivity index (χ1v) is 10.7. The van der Waals surface area contributed by atoms with Gasteiger partial charge < -0.3 is 21.1 Å². The van der Waals surface area contributed by atoms with Crippen molar-refractivity contribution in [3.8, 4) is 5.75 Å². The second-order valence-corrected chi connectivity index (χ2v) is 9.63. The Morgan fingerprint density at radius 2 is 1.76 bits per heavy atom. The molecule has 1 amide bonds. The highest BCUT2D eigenvalue weighted by molar-refractivity contribution is 6.34. The number of carbonyl (C=O) groups is 5. The Labute approximate surface area is 193 Å². The van der Waals surface area contributed by atoms with E-state index in [1.54, 1.807) is 6.92 Å². The van der Waals surface area contributed by atoms with E-state index in [9.17, 15) is 39.3 Å². The van der Waals surface area contributed by atoms with E-state index in [4.69, 9.17) is 17.3 Å². The molecule has 10 nitrogen and oxygen atoms in total. The number of aliphatic hydroxyl groups is 2. The van der Waals surface area contributed by atoms with Crippen molar-refractivity contribution >= 4 is 40.6 Å². The first-order valence-electron chi connectivity index (χ1n) is 10.3.